The van der Waals surface area contributed by atoms with Crippen LogP contribution in [0.2, 0.25) is 10.0 Å². The Hall–Kier alpha value is -2.71. The van der Waals surface area contributed by atoms with Crippen molar-refractivity contribution in [3.63, 3.8) is 0 Å². The molecule has 0 fully saturated rings. The Morgan fingerprint density at radius 3 is 2.62 bits per heavy atom. The Morgan fingerprint density at radius 1 is 1.24 bits per heavy atom. The Morgan fingerprint density at radius 2 is 1.97 bits per heavy atom. The zero-order valence-electron chi connectivity index (χ0n) is 20.9. The maximum atomic E-state index is 13.0. The summed E-state index contributed by atoms with van der Waals surface area (Å²) >= 11 is 14.1. The lowest BCUT2D eigenvalue weighted by Crippen LogP contribution is -2.12. The molecule has 1 heterocycles. The Kier molecular flexibility index (Phi) is 8.70. The summed E-state index contributed by atoms with van der Waals surface area (Å²) in [5.74, 6) is -1.46. The third-order valence-corrected chi connectivity index (χ3v) is 8.27. The highest BCUT2D eigenvalue weighted by Gasteiger charge is 2.24. The lowest BCUT2D eigenvalue weighted by Gasteiger charge is -2.20. The zero-order chi connectivity index (χ0) is 26.7. The van der Waals surface area contributed by atoms with Gasteiger partial charge < -0.3 is 9.84 Å². The number of nitrogens with one attached hydrogen (secondary N) is 1. The topological polar surface area (TPSA) is 88.5 Å². The van der Waals surface area contributed by atoms with Gasteiger partial charge in [-0.2, -0.15) is 0 Å². The van der Waals surface area contributed by atoms with Gasteiger partial charge in [0, 0.05) is 34.3 Å². The van der Waals surface area contributed by atoms with Gasteiger partial charge in [0.05, 0.1) is 21.8 Å². The number of hydrogen-bond acceptors (Lipinski definition) is 5. The van der Waals surface area contributed by atoms with Crippen molar-refractivity contribution in [3.8, 4) is 11.3 Å². The van der Waals surface area contributed by atoms with Gasteiger partial charge in [-0.05, 0) is 68.4 Å². The number of thiazole rings is 1. The smallest absolute Gasteiger partial charge is 0.331 e. The SMILES string of the molecule is CCC(CCc1cccc2c1CCc1sc(NC(=O)c3cc(Cl)c(C=C(C)C(=O)O)c(Cl)c3)nc1-2)OC. The molecule has 1 amide bonds. The predicted molar refractivity (Wildman–Crippen MR) is 150 cm³/mol. The number of carboxylic acids is 1. The van der Waals surface area contributed by atoms with Crippen molar-refractivity contribution in [1.29, 1.82) is 0 Å². The van der Waals surface area contributed by atoms with Crippen molar-refractivity contribution >= 4 is 57.6 Å². The first-order chi connectivity index (χ1) is 17.7. The van der Waals surface area contributed by atoms with Crippen LogP contribution in [0.3, 0.4) is 0 Å². The molecular weight excluding hydrogens is 531 g/mol. The van der Waals surface area contributed by atoms with Gasteiger partial charge in [-0.3, -0.25) is 10.1 Å². The molecule has 0 saturated carbocycles. The van der Waals surface area contributed by atoms with Gasteiger partial charge in [-0.15, -0.1) is 11.3 Å². The summed E-state index contributed by atoms with van der Waals surface area (Å²) in [7, 11) is 1.76. The van der Waals surface area contributed by atoms with Gasteiger partial charge in [0.15, 0.2) is 5.13 Å². The number of carbonyl (C=O) groups excluding carboxylic acids is 1. The van der Waals surface area contributed by atoms with E-state index in [2.05, 4.69) is 30.4 Å². The fourth-order valence-corrected chi connectivity index (χ4v) is 6.08. The van der Waals surface area contributed by atoms with E-state index in [-0.39, 0.29) is 33.2 Å². The largest absolute Gasteiger partial charge is 0.478 e. The van der Waals surface area contributed by atoms with Crippen molar-refractivity contribution in [2.24, 2.45) is 0 Å². The lowest BCUT2D eigenvalue weighted by atomic mass is 9.87. The fourth-order valence-electron chi connectivity index (χ4n) is 4.52. The number of anilines is 1. The molecule has 1 atom stereocenters. The molecule has 194 valence electrons. The van der Waals surface area contributed by atoms with Crippen molar-refractivity contribution in [3.05, 3.63) is 73.1 Å². The molecule has 9 heteroatoms. The first-order valence-corrected chi connectivity index (χ1v) is 13.6. The molecule has 0 spiro atoms. The number of benzene rings is 2. The van der Waals surface area contributed by atoms with Crippen LogP contribution in [-0.2, 0) is 28.8 Å². The summed E-state index contributed by atoms with van der Waals surface area (Å²) in [5, 5.41) is 12.9. The van der Waals surface area contributed by atoms with E-state index in [0.717, 1.165) is 48.2 Å². The van der Waals surface area contributed by atoms with Gasteiger partial charge in [0.2, 0.25) is 0 Å². The van der Waals surface area contributed by atoms with E-state index >= 15 is 0 Å². The van der Waals surface area contributed by atoms with E-state index in [1.165, 1.54) is 47.6 Å². The Labute approximate surface area is 230 Å². The quantitative estimate of drug-likeness (QED) is 0.268. The van der Waals surface area contributed by atoms with Crippen LogP contribution < -0.4 is 5.32 Å². The highest BCUT2D eigenvalue weighted by atomic mass is 35.5. The first kappa shape index (κ1) is 27.3. The summed E-state index contributed by atoms with van der Waals surface area (Å²) in [6, 6.07) is 9.30. The van der Waals surface area contributed by atoms with Crippen molar-refractivity contribution in [1.82, 2.24) is 4.98 Å². The second kappa shape index (κ2) is 11.8. The van der Waals surface area contributed by atoms with E-state index in [0.29, 0.717) is 10.7 Å². The average Bonchev–Trinajstić information content (AvgIpc) is 3.29. The van der Waals surface area contributed by atoms with Gasteiger partial charge in [0.1, 0.15) is 0 Å². The number of aryl methyl sites for hydroxylation is 2. The van der Waals surface area contributed by atoms with Crippen molar-refractivity contribution in [2.45, 2.75) is 52.1 Å². The van der Waals surface area contributed by atoms with Crippen LogP contribution in [0.4, 0.5) is 5.13 Å². The van der Waals surface area contributed by atoms with Crippen LogP contribution in [0.15, 0.2) is 35.9 Å². The molecule has 1 unspecified atom stereocenters. The van der Waals surface area contributed by atoms with Gasteiger partial charge >= 0.3 is 5.97 Å². The highest BCUT2D eigenvalue weighted by Crippen LogP contribution is 2.40. The molecule has 1 aliphatic carbocycles. The highest BCUT2D eigenvalue weighted by molar-refractivity contribution is 7.16. The maximum Gasteiger partial charge on any atom is 0.331 e. The van der Waals surface area contributed by atoms with E-state index in [4.69, 9.17) is 38.0 Å². The lowest BCUT2D eigenvalue weighted by molar-refractivity contribution is -0.132. The molecule has 1 aliphatic rings. The molecule has 2 aromatic carbocycles. The molecule has 37 heavy (non-hydrogen) atoms. The minimum atomic E-state index is -1.07. The summed E-state index contributed by atoms with van der Waals surface area (Å²) in [5.41, 5.74) is 5.39. The number of hydrogen-bond donors (Lipinski definition) is 2. The molecule has 0 aliphatic heterocycles. The molecule has 0 bridgehead atoms. The summed E-state index contributed by atoms with van der Waals surface area (Å²) in [4.78, 5) is 30.0. The molecule has 0 radical (unpaired) electrons. The third kappa shape index (κ3) is 6.07. The number of amides is 1. The number of nitrogens with zero attached hydrogens (tertiary/aromatic N) is 1. The predicted octanol–water partition coefficient (Wildman–Crippen LogP) is 7.31. The molecule has 1 aromatic heterocycles. The van der Waals surface area contributed by atoms with Gasteiger partial charge in [0.25, 0.3) is 5.91 Å². The third-order valence-electron chi connectivity index (χ3n) is 6.61. The molecule has 6 nitrogen and oxygen atoms in total. The van der Waals surface area contributed by atoms with Gasteiger partial charge in [-0.1, -0.05) is 48.3 Å². The second-order valence-corrected chi connectivity index (χ2v) is 10.9. The van der Waals surface area contributed by atoms with E-state index in [1.54, 1.807) is 7.11 Å². The summed E-state index contributed by atoms with van der Waals surface area (Å²) in [6.45, 7) is 3.59. The Bertz CT molecular complexity index is 1360. The number of carboxylic acid groups (broad SMARTS) is 1. The van der Waals surface area contributed by atoms with Crippen molar-refractivity contribution in [2.75, 3.05) is 12.4 Å². The number of methoxy groups -OCH3 is 1. The Balaban J connectivity index is 1.55. The molecular formula is C28H28Cl2N2O4S. The standard InChI is InChI=1S/C28H28Cl2N2O4S/c1-4-18(36-3)9-8-16-6-5-7-20-19(16)10-11-24-25(20)31-28(37-24)32-26(33)17-13-22(29)21(23(30)14-17)12-15(2)27(34)35/h5-7,12-14,18H,4,8-11H2,1-3H3,(H,34,35)(H,31,32,33). The van der Waals surface area contributed by atoms with Gasteiger partial charge in [-0.25, -0.2) is 9.78 Å². The fraction of sp³-hybridized carbons (Fsp3) is 0.321. The van der Waals surface area contributed by atoms with Crippen molar-refractivity contribution < 1.29 is 19.4 Å². The molecule has 3 aromatic rings. The minimum absolute atomic E-state index is 0.0849. The number of carbonyl (C=O) groups is 2. The number of halogens is 2. The first-order valence-electron chi connectivity index (χ1n) is 12.1. The normalized spacial score (nSPS) is 13.6. The summed E-state index contributed by atoms with van der Waals surface area (Å²) in [6.07, 6.45) is 6.37. The van der Waals surface area contributed by atoms with E-state index in [9.17, 15) is 9.59 Å². The second-order valence-electron chi connectivity index (χ2n) is 8.98. The number of aliphatic carboxylic acids is 1. The van der Waals surface area contributed by atoms with Crippen LogP contribution in [0.5, 0.6) is 0 Å². The average molecular weight is 560 g/mol. The van der Waals surface area contributed by atoms with Crippen LogP contribution in [0, 0.1) is 0 Å². The molecule has 4 rings (SSSR count). The number of ether oxygens (including phenoxy) is 1. The number of fused-ring (bicyclic) bond motifs is 3. The van der Waals surface area contributed by atoms with E-state index in [1.807, 2.05) is 0 Å². The molecule has 2 N–H and O–H groups in total. The van der Waals surface area contributed by atoms with E-state index < -0.39 is 5.97 Å². The van der Waals surface area contributed by atoms with Crippen LogP contribution >= 0.6 is 34.5 Å². The zero-order valence-corrected chi connectivity index (χ0v) is 23.2. The summed E-state index contributed by atoms with van der Waals surface area (Å²) < 4.78 is 5.55. The van der Waals surface area contributed by atoms with Crippen LogP contribution in [0.1, 0.15) is 58.6 Å². The minimum Gasteiger partial charge on any atom is -0.478 e. The number of rotatable bonds is 9. The maximum absolute atomic E-state index is 13.0. The molecule has 0 saturated heterocycles. The van der Waals surface area contributed by atoms with Crippen LogP contribution in [0.25, 0.3) is 17.3 Å². The van der Waals surface area contributed by atoms with Crippen LogP contribution in [-0.4, -0.2) is 35.2 Å². The monoisotopic (exact) mass is 558 g/mol. The number of aromatic nitrogens is 1.